The highest BCUT2D eigenvalue weighted by molar-refractivity contribution is 6.34. The van der Waals surface area contributed by atoms with Crippen LogP contribution in [0.4, 0.5) is 18.9 Å². The van der Waals surface area contributed by atoms with Gasteiger partial charge in [0.15, 0.2) is 0 Å². The predicted molar refractivity (Wildman–Crippen MR) is 99.3 cm³/mol. The van der Waals surface area contributed by atoms with Crippen molar-refractivity contribution in [2.75, 3.05) is 13.2 Å². The van der Waals surface area contributed by atoms with Crippen molar-refractivity contribution in [3.63, 3.8) is 0 Å². The van der Waals surface area contributed by atoms with E-state index in [1.165, 1.54) is 24.3 Å². The van der Waals surface area contributed by atoms with Gasteiger partial charge in [-0.3, -0.25) is 14.9 Å². The summed E-state index contributed by atoms with van der Waals surface area (Å²) >= 11 is 11.4. The Bertz CT molecular complexity index is 952. The highest BCUT2D eigenvalue weighted by Crippen LogP contribution is 2.32. The smallest absolute Gasteiger partial charge is 0.416 e. The van der Waals surface area contributed by atoms with Gasteiger partial charge in [-0.05, 0) is 18.2 Å². The molecule has 1 amide bonds. The third-order valence-corrected chi connectivity index (χ3v) is 3.90. The van der Waals surface area contributed by atoms with E-state index < -0.39 is 22.6 Å². The van der Waals surface area contributed by atoms with E-state index in [1.807, 2.05) is 0 Å². The number of ether oxygens (including phenoxy) is 1. The van der Waals surface area contributed by atoms with Crippen LogP contribution in [0.5, 0.6) is 5.88 Å². The normalized spacial score (nSPS) is 11.5. The number of hydrogen-bond donors (Lipinski definition) is 1. The molecule has 1 aromatic carbocycles. The number of benzene rings is 1. The van der Waals surface area contributed by atoms with E-state index in [1.54, 1.807) is 0 Å². The zero-order valence-electron chi connectivity index (χ0n) is 14.4. The van der Waals surface area contributed by atoms with Crippen molar-refractivity contribution in [1.29, 1.82) is 0 Å². The molecule has 154 valence electrons. The van der Waals surface area contributed by atoms with E-state index >= 15 is 0 Å². The Morgan fingerprint density at radius 2 is 1.97 bits per heavy atom. The molecule has 0 aliphatic heterocycles. The first kappa shape index (κ1) is 22.4. The van der Waals surface area contributed by atoms with Gasteiger partial charge in [-0.2, -0.15) is 13.2 Å². The number of non-ortho nitro benzene ring substituents is 1. The molecule has 1 N–H and O–H groups in total. The Labute approximate surface area is 172 Å². The zero-order chi connectivity index (χ0) is 21.6. The summed E-state index contributed by atoms with van der Waals surface area (Å²) in [5.41, 5.74) is -1.33. The molecule has 0 saturated heterocycles. The van der Waals surface area contributed by atoms with Gasteiger partial charge in [-0.25, -0.2) is 4.98 Å². The number of carbonyl (C=O) groups excluding carboxylic acids is 1. The van der Waals surface area contributed by atoms with Crippen molar-refractivity contribution < 1.29 is 27.6 Å². The maximum Gasteiger partial charge on any atom is 0.416 e. The summed E-state index contributed by atoms with van der Waals surface area (Å²) in [4.78, 5) is 25.8. The molecule has 0 saturated carbocycles. The van der Waals surface area contributed by atoms with Crippen molar-refractivity contribution >= 4 is 34.8 Å². The fourth-order valence-electron chi connectivity index (χ4n) is 2.04. The van der Waals surface area contributed by atoms with E-state index in [0.717, 1.165) is 6.07 Å². The molecule has 0 bridgehead atoms. The Hall–Kier alpha value is -2.85. The largest absolute Gasteiger partial charge is 0.473 e. The van der Waals surface area contributed by atoms with Crippen molar-refractivity contribution in [2.45, 2.75) is 6.18 Å². The van der Waals surface area contributed by atoms with E-state index in [0.29, 0.717) is 12.1 Å². The van der Waals surface area contributed by atoms with Gasteiger partial charge in [0.2, 0.25) is 5.88 Å². The molecule has 29 heavy (non-hydrogen) atoms. The van der Waals surface area contributed by atoms with Crippen LogP contribution in [0, 0.1) is 10.1 Å². The number of halogens is 5. The summed E-state index contributed by atoms with van der Waals surface area (Å²) in [5, 5.41) is 12.9. The third kappa shape index (κ3) is 6.61. The molecule has 0 radical (unpaired) electrons. The fourth-order valence-corrected chi connectivity index (χ4v) is 2.45. The minimum absolute atomic E-state index is 0.0258. The number of alkyl halides is 3. The molecular formula is C17H12Cl2F3N3O4. The van der Waals surface area contributed by atoms with Crippen LogP contribution in [0.25, 0.3) is 0 Å². The van der Waals surface area contributed by atoms with Gasteiger partial charge < -0.3 is 10.1 Å². The minimum atomic E-state index is -4.58. The van der Waals surface area contributed by atoms with Crippen molar-refractivity contribution in [3.05, 3.63) is 73.9 Å². The molecule has 2 rings (SSSR count). The maximum atomic E-state index is 12.7. The molecule has 1 aromatic heterocycles. The van der Waals surface area contributed by atoms with Crippen LogP contribution in [0.1, 0.15) is 15.9 Å². The lowest BCUT2D eigenvalue weighted by molar-refractivity contribution is -0.384. The Balaban J connectivity index is 1.88. The topological polar surface area (TPSA) is 94.4 Å². The first-order valence-electron chi connectivity index (χ1n) is 7.82. The van der Waals surface area contributed by atoms with Crippen molar-refractivity contribution in [2.24, 2.45) is 0 Å². The van der Waals surface area contributed by atoms with Gasteiger partial charge in [-0.15, -0.1) is 0 Å². The number of pyridine rings is 1. The monoisotopic (exact) mass is 449 g/mol. The summed E-state index contributed by atoms with van der Waals surface area (Å²) in [5.74, 6) is -0.933. The van der Waals surface area contributed by atoms with Gasteiger partial charge in [0.25, 0.3) is 11.6 Å². The van der Waals surface area contributed by atoms with Gasteiger partial charge in [-0.1, -0.05) is 29.3 Å². The number of nitrogens with one attached hydrogen (secondary N) is 1. The second-order valence-electron chi connectivity index (χ2n) is 5.43. The highest BCUT2D eigenvalue weighted by Gasteiger charge is 2.31. The molecule has 12 heteroatoms. The molecule has 0 unspecified atom stereocenters. The van der Waals surface area contributed by atoms with Crippen LogP contribution in [0.2, 0.25) is 10.2 Å². The Morgan fingerprint density at radius 3 is 2.62 bits per heavy atom. The number of nitrogens with zero attached hydrogens (tertiary/aromatic N) is 2. The number of nitro groups is 1. The average Bonchev–Trinajstić information content (AvgIpc) is 2.63. The molecular weight excluding hydrogens is 438 g/mol. The second kappa shape index (κ2) is 9.57. The quantitative estimate of drug-likeness (QED) is 0.286. The van der Waals surface area contributed by atoms with Crippen LogP contribution in [0.15, 0.2) is 42.5 Å². The Kier molecular flexibility index (Phi) is 7.40. The summed E-state index contributed by atoms with van der Waals surface area (Å²) in [6, 6.07) is 4.86. The molecule has 0 spiro atoms. The molecule has 0 atom stereocenters. The van der Waals surface area contributed by atoms with Gasteiger partial charge in [0, 0.05) is 24.7 Å². The number of carbonyl (C=O) groups is 1. The number of rotatable bonds is 7. The van der Waals surface area contributed by atoms with Gasteiger partial charge >= 0.3 is 6.18 Å². The molecule has 0 aliphatic rings. The maximum absolute atomic E-state index is 12.7. The Morgan fingerprint density at radius 1 is 1.24 bits per heavy atom. The van der Waals surface area contributed by atoms with E-state index in [2.05, 4.69) is 10.3 Å². The van der Waals surface area contributed by atoms with E-state index in [4.69, 9.17) is 27.9 Å². The molecule has 1 heterocycles. The first-order chi connectivity index (χ1) is 13.6. The molecule has 7 nitrogen and oxygen atoms in total. The van der Waals surface area contributed by atoms with Gasteiger partial charge in [0.05, 0.1) is 21.1 Å². The highest BCUT2D eigenvalue weighted by atomic mass is 35.5. The summed E-state index contributed by atoms with van der Waals surface area (Å²) in [7, 11) is 0. The molecule has 2 aromatic rings. The zero-order valence-corrected chi connectivity index (χ0v) is 15.9. The van der Waals surface area contributed by atoms with Gasteiger partial charge in [0.1, 0.15) is 11.8 Å². The predicted octanol–water partition coefficient (Wildman–Crippen LogP) is 4.68. The SMILES string of the molecule is O=C(NC/C=C\COc1cc(C(F)(F)F)cc(Cl)n1)c1cc([N+](=O)[O-])ccc1Cl. The van der Waals surface area contributed by atoms with Crippen LogP contribution >= 0.6 is 23.2 Å². The van der Waals surface area contributed by atoms with E-state index in [9.17, 15) is 28.1 Å². The number of hydrogen-bond acceptors (Lipinski definition) is 5. The standard InChI is InChI=1S/C17H12Cl2F3N3O4/c18-13-4-3-11(25(27)28)9-12(13)16(26)23-5-1-2-6-29-15-8-10(17(20,21)22)7-14(19)24-15/h1-4,7-9H,5-6H2,(H,23,26)/b2-1-. The fraction of sp³-hybridized carbons (Fsp3) is 0.176. The summed E-state index contributed by atoms with van der Waals surface area (Å²) < 4.78 is 43.2. The second-order valence-corrected chi connectivity index (χ2v) is 6.22. The molecule has 0 aliphatic carbocycles. The lowest BCUT2D eigenvalue weighted by Gasteiger charge is -2.09. The third-order valence-electron chi connectivity index (χ3n) is 3.38. The number of nitro benzene ring substituents is 1. The van der Waals surface area contributed by atoms with E-state index in [-0.39, 0.29) is 40.5 Å². The summed E-state index contributed by atoms with van der Waals surface area (Å²) in [6.45, 7) is -0.101. The molecule has 0 fully saturated rings. The minimum Gasteiger partial charge on any atom is -0.473 e. The lowest BCUT2D eigenvalue weighted by atomic mass is 10.2. The van der Waals surface area contributed by atoms with Crippen LogP contribution < -0.4 is 10.1 Å². The average molecular weight is 450 g/mol. The van der Waals surface area contributed by atoms with Crippen LogP contribution in [-0.2, 0) is 6.18 Å². The lowest BCUT2D eigenvalue weighted by Crippen LogP contribution is -2.23. The van der Waals surface area contributed by atoms with Crippen molar-refractivity contribution in [1.82, 2.24) is 10.3 Å². The van der Waals surface area contributed by atoms with Crippen molar-refractivity contribution in [3.8, 4) is 5.88 Å². The number of amides is 1. The first-order valence-corrected chi connectivity index (χ1v) is 8.58. The van der Waals surface area contributed by atoms with Crippen LogP contribution in [0.3, 0.4) is 0 Å². The summed E-state index contributed by atoms with van der Waals surface area (Å²) in [6.07, 6.45) is -1.68. The van der Waals surface area contributed by atoms with Crippen LogP contribution in [-0.4, -0.2) is 29.0 Å². The number of aromatic nitrogens is 1.